The van der Waals surface area contributed by atoms with Gasteiger partial charge in [-0.25, -0.2) is 24.9 Å². The first-order valence-electron chi connectivity index (χ1n) is 13.2. The van der Waals surface area contributed by atoms with E-state index >= 15 is 0 Å². The average molecular weight is 530 g/mol. The standard InChI is InChI=1S/C28H31N7O2S/c1-16-23(24(20-9-10-20)32-15-31-16)25-30-14-22-27(34-25)35(17(2)19-5-4-6-19)28(36)26(33-22)29-13-18-7-11-21(12-8-18)38(3)37/h7-8,11-12,14-15,17,19-20H,4-6,9-10,13H2,1-3H3,(H,29,33)/t17-,38?/m1/s1. The second kappa shape index (κ2) is 10.1. The molecule has 0 saturated heterocycles. The molecular weight excluding hydrogens is 498 g/mol. The minimum absolute atomic E-state index is 0.0140. The van der Waals surface area contributed by atoms with E-state index in [1.54, 1.807) is 23.3 Å². The molecule has 2 saturated carbocycles. The third kappa shape index (κ3) is 4.67. The number of aryl methyl sites for hydroxylation is 1. The van der Waals surface area contributed by atoms with E-state index in [9.17, 15) is 9.35 Å². The summed E-state index contributed by atoms with van der Waals surface area (Å²) in [6, 6.07) is 7.51. The summed E-state index contributed by atoms with van der Waals surface area (Å²) >= 11 is -1.03. The lowest BCUT2D eigenvalue weighted by Gasteiger charge is -2.33. The van der Waals surface area contributed by atoms with Gasteiger partial charge in [-0.2, -0.15) is 0 Å². The summed E-state index contributed by atoms with van der Waals surface area (Å²) in [7, 11) is 0. The Kier molecular flexibility index (Phi) is 6.61. The summed E-state index contributed by atoms with van der Waals surface area (Å²) in [5.74, 6) is 1.66. The van der Waals surface area contributed by atoms with Crippen LogP contribution in [0.2, 0.25) is 0 Å². The number of hydrogen-bond acceptors (Lipinski definition) is 8. The van der Waals surface area contributed by atoms with Gasteiger partial charge in [0.15, 0.2) is 22.2 Å². The molecule has 6 rings (SSSR count). The van der Waals surface area contributed by atoms with Gasteiger partial charge in [0.2, 0.25) is 0 Å². The number of nitrogens with one attached hydrogen (secondary N) is 1. The smallest absolute Gasteiger partial charge is 0.295 e. The fourth-order valence-corrected chi connectivity index (χ4v) is 5.69. The van der Waals surface area contributed by atoms with Gasteiger partial charge in [-0.1, -0.05) is 18.6 Å². The monoisotopic (exact) mass is 529 g/mol. The van der Waals surface area contributed by atoms with Crippen LogP contribution in [0.15, 0.2) is 46.5 Å². The van der Waals surface area contributed by atoms with Gasteiger partial charge in [0.05, 0.1) is 23.1 Å². The van der Waals surface area contributed by atoms with E-state index < -0.39 is 11.2 Å². The van der Waals surface area contributed by atoms with Crippen molar-refractivity contribution in [3.63, 3.8) is 0 Å². The molecule has 3 aromatic heterocycles. The van der Waals surface area contributed by atoms with Gasteiger partial charge < -0.3 is 9.87 Å². The van der Waals surface area contributed by atoms with E-state index in [0.29, 0.717) is 35.4 Å². The number of fused-ring (bicyclic) bond motifs is 1. The lowest BCUT2D eigenvalue weighted by Crippen LogP contribution is -2.33. The Balaban J connectivity index is 1.41. The van der Waals surface area contributed by atoms with Crippen molar-refractivity contribution in [1.82, 2.24) is 29.5 Å². The highest BCUT2D eigenvalue weighted by molar-refractivity contribution is 7.90. The molecule has 2 fully saturated rings. The van der Waals surface area contributed by atoms with Crippen molar-refractivity contribution >= 4 is 28.2 Å². The quantitative estimate of drug-likeness (QED) is 0.330. The van der Waals surface area contributed by atoms with Crippen LogP contribution < -0.4 is 10.9 Å². The van der Waals surface area contributed by atoms with Crippen LogP contribution >= 0.6 is 0 Å². The van der Waals surface area contributed by atoms with Gasteiger partial charge in [0, 0.05) is 18.5 Å². The molecule has 1 N–H and O–H groups in total. The van der Waals surface area contributed by atoms with E-state index in [1.165, 1.54) is 6.42 Å². The molecule has 0 bridgehead atoms. The highest BCUT2D eigenvalue weighted by atomic mass is 32.2. The van der Waals surface area contributed by atoms with Crippen LogP contribution in [0.3, 0.4) is 0 Å². The summed E-state index contributed by atoms with van der Waals surface area (Å²) < 4.78 is 13.5. The Bertz CT molecular complexity index is 1550. The van der Waals surface area contributed by atoms with E-state index in [0.717, 1.165) is 53.1 Å². The molecule has 2 aliphatic carbocycles. The molecule has 0 radical (unpaired) electrons. The van der Waals surface area contributed by atoms with Crippen LogP contribution in [-0.2, 0) is 17.7 Å². The molecule has 0 amide bonds. The molecule has 2 aliphatic rings. The highest BCUT2D eigenvalue weighted by Crippen LogP contribution is 2.43. The van der Waals surface area contributed by atoms with Crippen LogP contribution in [-0.4, -0.2) is 40.3 Å². The number of aromatic nitrogens is 6. The number of rotatable bonds is 8. The Morgan fingerprint density at radius 1 is 1.11 bits per heavy atom. The Hall–Kier alpha value is -3.37. The fourth-order valence-electron chi connectivity index (χ4n) is 5.17. The van der Waals surface area contributed by atoms with E-state index in [4.69, 9.17) is 4.98 Å². The molecular formula is C28H31N7O2S. The minimum Gasteiger partial charge on any atom is -0.612 e. The second-order valence-electron chi connectivity index (χ2n) is 10.4. The number of anilines is 1. The summed E-state index contributed by atoms with van der Waals surface area (Å²) in [5, 5.41) is 3.23. The molecule has 196 valence electrons. The zero-order chi connectivity index (χ0) is 26.4. The van der Waals surface area contributed by atoms with Gasteiger partial charge in [-0.3, -0.25) is 9.36 Å². The predicted molar refractivity (Wildman–Crippen MR) is 147 cm³/mol. The summed E-state index contributed by atoms with van der Waals surface area (Å²) in [6.45, 7) is 4.48. The maximum Gasteiger partial charge on any atom is 0.295 e. The fraction of sp³-hybridized carbons (Fsp3) is 0.429. The average Bonchev–Trinajstić information content (AvgIpc) is 3.72. The van der Waals surface area contributed by atoms with Crippen LogP contribution in [0.5, 0.6) is 0 Å². The predicted octanol–water partition coefficient (Wildman–Crippen LogP) is 4.54. The van der Waals surface area contributed by atoms with Crippen molar-refractivity contribution in [1.29, 1.82) is 0 Å². The van der Waals surface area contributed by atoms with E-state index in [2.05, 4.69) is 32.2 Å². The Morgan fingerprint density at radius 2 is 1.87 bits per heavy atom. The largest absolute Gasteiger partial charge is 0.612 e. The van der Waals surface area contributed by atoms with Crippen LogP contribution in [0.4, 0.5) is 5.82 Å². The van der Waals surface area contributed by atoms with Crippen molar-refractivity contribution in [2.24, 2.45) is 5.92 Å². The van der Waals surface area contributed by atoms with Crippen LogP contribution in [0.1, 0.15) is 67.9 Å². The second-order valence-corrected chi connectivity index (χ2v) is 11.8. The number of nitrogens with zero attached hydrogens (tertiary/aromatic N) is 6. The Morgan fingerprint density at radius 3 is 2.53 bits per heavy atom. The zero-order valence-electron chi connectivity index (χ0n) is 21.8. The Labute approximate surface area is 224 Å². The summed E-state index contributed by atoms with van der Waals surface area (Å²) in [5.41, 5.74) is 4.60. The van der Waals surface area contributed by atoms with Gasteiger partial charge in [0.25, 0.3) is 5.56 Å². The first kappa shape index (κ1) is 24.9. The first-order chi connectivity index (χ1) is 18.4. The molecule has 4 aromatic rings. The molecule has 3 heterocycles. The molecule has 38 heavy (non-hydrogen) atoms. The maximum atomic E-state index is 13.8. The van der Waals surface area contributed by atoms with Crippen molar-refractivity contribution in [2.75, 3.05) is 11.6 Å². The lowest BCUT2D eigenvalue weighted by atomic mass is 9.80. The van der Waals surface area contributed by atoms with Crippen LogP contribution in [0, 0.1) is 12.8 Å². The van der Waals surface area contributed by atoms with Gasteiger partial charge in [0.1, 0.15) is 18.1 Å². The SMILES string of the molecule is Cc1ncnc(C2CC2)c1-c1ncc2nc(NCc3ccc([S+](C)[O-])cc3)c(=O)n([C@H](C)C3CCC3)c2n1. The molecule has 1 aromatic carbocycles. The minimum atomic E-state index is -1.03. The molecule has 2 atom stereocenters. The van der Waals surface area contributed by atoms with Crippen molar-refractivity contribution in [3.8, 4) is 11.4 Å². The van der Waals surface area contributed by atoms with E-state index in [1.807, 2.05) is 31.2 Å². The topological polar surface area (TPSA) is 122 Å². The number of hydrogen-bond donors (Lipinski definition) is 1. The molecule has 0 aliphatic heterocycles. The summed E-state index contributed by atoms with van der Waals surface area (Å²) in [6.07, 6.45) is 10.6. The molecule has 10 heteroatoms. The van der Waals surface area contributed by atoms with Crippen LogP contribution in [0.25, 0.3) is 22.6 Å². The lowest BCUT2D eigenvalue weighted by molar-refractivity contribution is 0.222. The summed E-state index contributed by atoms with van der Waals surface area (Å²) in [4.78, 5) is 37.9. The van der Waals surface area contributed by atoms with Crippen molar-refractivity contribution < 1.29 is 4.55 Å². The highest BCUT2D eigenvalue weighted by Gasteiger charge is 2.31. The van der Waals surface area contributed by atoms with Crippen molar-refractivity contribution in [3.05, 3.63) is 64.1 Å². The maximum absolute atomic E-state index is 13.8. The molecule has 1 unspecified atom stereocenters. The zero-order valence-corrected chi connectivity index (χ0v) is 22.7. The normalized spacial score (nSPS) is 17.3. The molecule has 9 nitrogen and oxygen atoms in total. The third-order valence-corrected chi connectivity index (χ3v) is 8.78. The third-order valence-electron chi connectivity index (χ3n) is 7.84. The number of benzene rings is 1. The first-order valence-corrected chi connectivity index (χ1v) is 14.7. The van der Waals surface area contributed by atoms with Gasteiger partial charge in [-0.15, -0.1) is 0 Å². The van der Waals surface area contributed by atoms with Gasteiger partial charge in [-0.05, 0) is 74.3 Å². The van der Waals surface area contributed by atoms with E-state index in [-0.39, 0.29) is 17.4 Å². The molecule has 0 spiro atoms. The van der Waals surface area contributed by atoms with Crippen molar-refractivity contribution in [2.45, 2.75) is 69.4 Å². The van der Waals surface area contributed by atoms with Gasteiger partial charge >= 0.3 is 0 Å².